The van der Waals surface area contributed by atoms with Crippen LogP contribution >= 0.6 is 11.8 Å². The van der Waals surface area contributed by atoms with Gasteiger partial charge in [0, 0.05) is 0 Å². The molecular formula is C20H21NO4S. The van der Waals surface area contributed by atoms with E-state index in [4.69, 9.17) is 9.15 Å². The fourth-order valence-electron chi connectivity index (χ4n) is 2.73. The third-order valence-electron chi connectivity index (χ3n) is 3.92. The molecule has 2 amide bonds. The van der Waals surface area contributed by atoms with E-state index in [1.807, 2.05) is 38.1 Å². The van der Waals surface area contributed by atoms with Gasteiger partial charge in [0.2, 0.25) is 0 Å². The van der Waals surface area contributed by atoms with E-state index in [0.717, 1.165) is 17.7 Å². The quantitative estimate of drug-likeness (QED) is 0.654. The standard InChI is InChI=1S/C20H21NO4S/c1-3-11-24-15-9-7-14(8-10-15)17-18(26-4-2)20(23)21(19(17)22)13-16-6-5-12-25-16/h5-10,12H,3-4,11,13H2,1-2H3. The Balaban J connectivity index is 1.89. The van der Waals surface area contributed by atoms with Gasteiger partial charge in [0.05, 0.1) is 29.9 Å². The zero-order valence-corrected chi connectivity index (χ0v) is 15.7. The van der Waals surface area contributed by atoms with Crippen LogP contribution in [0.3, 0.4) is 0 Å². The molecule has 26 heavy (non-hydrogen) atoms. The maximum atomic E-state index is 12.9. The number of amides is 2. The van der Waals surface area contributed by atoms with Crippen LogP contribution in [0, 0.1) is 0 Å². The number of hydrogen-bond donors (Lipinski definition) is 0. The van der Waals surface area contributed by atoms with Crippen LogP contribution < -0.4 is 4.74 Å². The van der Waals surface area contributed by atoms with E-state index >= 15 is 0 Å². The average molecular weight is 371 g/mol. The van der Waals surface area contributed by atoms with Crippen molar-refractivity contribution >= 4 is 29.1 Å². The van der Waals surface area contributed by atoms with E-state index < -0.39 is 0 Å². The third-order valence-corrected chi connectivity index (χ3v) is 4.88. The molecule has 0 spiro atoms. The molecule has 136 valence electrons. The van der Waals surface area contributed by atoms with Crippen molar-refractivity contribution in [1.29, 1.82) is 0 Å². The molecule has 1 aromatic carbocycles. The van der Waals surface area contributed by atoms with E-state index in [1.165, 1.54) is 22.9 Å². The van der Waals surface area contributed by atoms with Crippen molar-refractivity contribution < 1.29 is 18.7 Å². The number of rotatable bonds is 8. The first-order chi connectivity index (χ1) is 12.7. The zero-order chi connectivity index (χ0) is 18.5. The van der Waals surface area contributed by atoms with E-state index in [9.17, 15) is 9.59 Å². The monoisotopic (exact) mass is 371 g/mol. The van der Waals surface area contributed by atoms with Crippen LogP contribution in [0.4, 0.5) is 0 Å². The number of ether oxygens (including phenoxy) is 1. The van der Waals surface area contributed by atoms with Crippen LogP contribution in [-0.4, -0.2) is 29.1 Å². The van der Waals surface area contributed by atoms with Gasteiger partial charge in [-0.15, -0.1) is 11.8 Å². The molecule has 3 rings (SSSR count). The first-order valence-corrected chi connectivity index (χ1v) is 9.63. The summed E-state index contributed by atoms with van der Waals surface area (Å²) in [7, 11) is 0. The summed E-state index contributed by atoms with van der Waals surface area (Å²) in [4.78, 5) is 27.5. The molecule has 0 saturated carbocycles. The second-order valence-electron chi connectivity index (χ2n) is 5.79. The highest BCUT2D eigenvalue weighted by Crippen LogP contribution is 2.37. The molecule has 2 heterocycles. The lowest BCUT2D eigenvalue weighted by Gasteiger charge is -2.13. The fourth-order valence-corrected chi connectivity index (χ4v) is 3.60. The molecule has 5 nitrogen and oxygen atoms in total. The summed E-state index contributed by atoms with van der Waals surface area (Å²) in [5.41, 5.74) is 1.18. The van der Waals surface area contributed by atoms with Crippen molar-refractivity contribution in [2.75, 3.05) is 12.4 Å². The lowest BCUT2D eigenvalue weighted by Crippen LogP contribution is -2.30. The van der Waals surface area contributed by atoms with Crippen LogP contribution in [-0.2, 0) is 16.1 Å². The average Bonchev–Trinajstić information content (AvgIpc) is 3.24. The number of furan rings is 1. The lowest BCUT2D eigenvalue weighted by molar-refractivity contribution is -0.137. The molecule has 0 atom stereocenters. The molecule has 1 aromatic heterocycles. The van der Waals surface area contributed by atoms with Gasteiger partial charge < -0.3 is 9.15 Å². The second kappa shape index (κ2) is 8.27. The Morgan fingerprint density at radius 3 is 2.46 bits per heavy atom. The number of carbonyl (C=O) groups excluding carboxylic acids is 2. The SMILES string of the molecule is CCCOc1ccc(C2=C(SCC)C(=O)N(Cc3ccco3)C2=O)cc1. The van der Waals surface area contributed by atoms with Crippen molar-refractivity contribution in [3.63, 3.8) is 0 Å². The van der Waals surface area contributed by atoms with Crippen LogP contribution in [0.15, 0.2) is 52.0 Å². The summed E-state index contributed by atoms with van der Waals surface area (Å²) in [6, 6.07) is 10.8. The Kier molecular flexibility index (Phi) is 5.83. The topological polar surface area (TPSA) is 59.8 Å². The predicted octanol–water partition coefficient (Wildman–Crippen LogP) is 4.10. The Bertz CT molecular complexity index is 809. The highest BCUT2D eigenvalue weighted by Gasteiger charge is 2.39. The van der Waals surface area contributed by atoms with Crippen LogP contribution in [0.5, 0.6) is 5.75 Å². The molecule has 0 unspecified atom stereocenters. The number of nitrogens with zero attached hydrogens (tertiary/aromatic N) is 1. The van der Waals surface area contributed by atoms with Crippen molar-refractivity contribution in [1.82, 2.24) is 4.90 Å². The van der Waals surface area contributed by atoms with Gasteiger partial charge in [0.1, 0.15) is 11.5 Å². The molecule has 0 bridgehead atoms. The maximum absolute atomic E-state index is 12.9. The first-order valence-electron chi connectivity index (χ1n) is 8.64. The third kappa shape index (κ3) is 3.70. The summed E-state index contributed by atoms with van der Waals surface area (Å²) >= 11 is 1.39. The highest BCUT2D eigenvalue weighted by atomic mass is 32.2. The lowest BCUT2D eigenvalue weighted by atomic mass is 10.1. The predicted molar refractivity (Wildman–Crippen MR) is 102 cm³/mol. The molecule has 0 saturated heterocycles. The second-order valence-corrected chi connectivity index (χ2v) is 7.06. The molecule has 0 radical (unpaired) electrons. The summed E-state index contributed by atoms with van der Waals surface area (Å²) in [5, 5.41) is 0. The van der Waals surface area contributed by atoms with E-state index in [0.29, 0.717) is 28.6 Å². The van der Waals surface area contributed by atoms with Crippen LogP contribution in [0.1, 0.15) is 31.6 Å². The van der Waals surface area contributed by atoms with Crippen LogP contribution in [0.25, 0.3) is 5.57 Å². The molecule has 6 heteroatoms. The normalized spacial score (nSPS) is 14.5. The van der Waals surface area contributed by atoms with Gasteiger partial charge in [-0.2, -0.15) is 0 Å². The van der Waals surface area contributed by atoms with E-state index in [2.05, 4.69) is 0 Å². The fraction of sp³-hybridized carbons (Fsp3) is 0.300. The number of benzene rings is 1. The highest BCUT2D eigenvalue weighted by molar-refractivity contribution is 8.04. The first kappa shape index (κ1) is 18.3. The number of hydrogen-bond acceptors (Lipinski definition) is 5. The van der Waals surface area contributed by atoms with Gasteiger partial charge in [-0.3, -0.25) is 14.5 Å². The Morgan fingerprint density at radius 2 is 1.85 bits per heavy atom. The van der Waals surface area contributed by atoms with Crippen molar-refractivity contribution in [3.05, 3.63) is 58.9 Å². The number of carbonyl (C=O) groups is 2. The van der Waals surface area contributed by atoms with E-state index in [1.54, 1.807) is 12.1 Å². The molecule has 2 aromatic rings. The summed E-state index contributed by atoms with van der Waals surface area (Å²) in [6.45, 7) is 4.79. The zero-order valence-electron chi connectivity index (χ0n) is 14.9. The van der Waals surface area contributed by atoms with Crippen molar-refractivity contribution in [2.24, 2.45) is 0 Å². The maximum Gasteiger partial charge on any atom is 0.268 e. The van der Waals surface area contributed by atoms with Gasteiger partial charge in [-0.25, -0.2) is 0 Å². The molecular weight excluding hydrogens is 350 g/mol. The Hall–Kier alpha value is -2.47. The number of imide groups is 1. The summed E-state index contributed by atoms with van der Waals surface area (Å²) in [6.07, 6.45) is 2.46. The minimum absolute atomic E-state index is 0.139. The minimum Gasteiger partial charge on any atom is -0.494 e. The van der Waals surface area contributed by atoms with Gasteiger partial charge in [-0.05, 0) is 42.0 Å². The molecule has 0 aliphatic carbocycles. The Morgan fingerprint density at radius 1 is 1.08 bits per heavy atom. The number of thioether (sulfide) groups is 1. The minimum atomic E-state index is -0.287. The summed E-state index contributed by atoms with van der Waals surface area (Å²) in [5.74, 6) is 1.50. The summed E-state index contributed by atoms with van der Waals surface area (Å²) < 4.78 is 10.9. The molecule has 0 N–H and O–H groups in total. The van der Waals surface area contributed by atoms with Gasteiger partial charge in [-0.1, -0.05) is 26.0 Å². The van der Waals surface area contributed by atoms with E-state index in [-0.39, 0.29) is 18.4 Å². The van der Waals surface area contributed by atoms with Crippen molar-refractivity contribution in [3.8, 4) is 5.75 Å². The van der Waals surface area contributed by atoms with Gasteiger partial charge in [0.25, 0.3) is 11.8 Å². The van der Waals surface area contributed by atoms with Gasteiger partial charge >= 0.3 is 0 Å². The Labute approximate surface area is 157 Å². The smallest absolute Gasteiger partial charge is 0.268 e. The molecule has 1 aliphatic rings. The van der Waals surface area contributed by atoms with Crippen molar-refractivity contribution in [2.45, 2.75) is 26.8 Å². The molecule has 0 fully saturated rings. The molecule has 1 aliphatic heterocycles. The van der Waals surface area contributed by atoms with Crippen LogP contribution in [0.2, 0.25) is 0 Å². The van der Waals surface area contributed by atoms with Gasteiger partial charge in [0.15, 0.2) is 0 Å². The largest absolute Gasteiger partial charge is 0.494 e.